The predicted molar refractivity (Wildman–Crippen MR) is 85.2 cm³/mol. The minimum atomic E-state index is -0.457. The Labute approximate surface area is 138 Å². The summed E-state index contributed by atoms with van der Waals surface area (Å²) in [5.74, 6) is -0.100. The van der Waals surface area contributed by atoms with E-state index in [1.54, 1.807) is 31.1 Å². The van der Waals surface area contributed by atoms with Crippen LogP contribution in [0.3, 0.4) is 0 Å². The highest BCUT2D eigenvalue weighted by Gasteiger charge is 2.49. The van der Waals surface area contributed by atoms with Gasteiger partial charge in [-0.15, -0.1) is 0 Å². The van der Waals surface area contributed by atoms with E-state index >= 15 is 0 Å². The summed E-state index contributed by atoms with van der Waals surface area (Å²) in [5.41, 5.74) is 0.796. The number of nitrogens with zero attached hydrogens (tertiary/aromatic N) is 3. The van der Waals surface area contributed by atoms with Crippen molar-refractivity contribution in [2.24, 2.45) is 5.92 Å². The Morgan fingerprint density at radius 1 is 1.04 bits per heavy atom. The van der Waals surface area contributed by atoms with Crippen LogP contribution in [0.2, 0.25) is 0 Å². The number of nitro groups is 1. The van der Waals surface area contributed by atoms with Gasteiger partial charge in [-0.1, -0.05) is 12.1 Å². The number of urea groups is 2. The highest BCUT2D eigenvalue weighted by molar-refractivity contribution is 5.80. The number of carbonyl (C=O) groups excluding carboxylic acids is 2. The van der Waals surface area contributed by atoms with Crippen LogP contribution in [0.25, 0.3) is 0 Å². The fraction of sp³-hybridized carbons (Fsp3) is 0.467. The predicted octanol–water partition coefficient (Wildman–Crippen LogP) is 1.28. The first-order valence-electron chi connectivity index (χ1n) is 7.62. The number of hydrogen-bond donors (Lipinski definition) is 2. The van der Waals surface area contributed by atoms with Gasteiger partial charge in [-0.25, -0.2) is 9.59 Å². The molecule has 0 saturated carbocycles. The van der Waals surface area contributed by atoms with Gasteiger partial charge in [0.25, 0.3) is 5.69 Å². The van der Waals surface area contributed by atoms with Gasteiger partial charge in [0, 0.05) is 38.2 Å². The summed E-state index contributed by atoms with van der Waals surface area (Å²) in [6, 6.07) is 5.20. The summed E-state index contributed by atoms with van der Waals surface area (Å²) in [7, 11) is 3.32. The molecule has 2 aliphatic rings. The zero-order chi connectivity index (χ0) is 17.6. The van der Waals surface area contributed by atoms with Gasteiger partial charge >= 0.3 is 12.1 Å². The van der Waals surface area contributed by atoms with Crippen molar-refractivity contribution in [1.82, 2.24) is 20.4 Å². The second-order valence-electron chi connectivity index (χ2n) is 6.23. The number of hydrogen-bond acceptors (Lipinski definition) is 4. The van der Waals surface area contributed by atoms with Crippen molar-refractivity contribution in [3.8, 4) is 0 Å². The third kappa shape index (κ3) is 2.41. The molecule has 1 aromatic carbocycles. The molecule has 9 heteroatoms. The van der Waals surface area contributed by atoms with Crippen LogP contribution in [0.4, 0.5) is 15.3 Å². The molecule has 0 bridgehead atoms. The Kier molecular flexibility index (Phi) is 3.78. The number of benzene rings is 1. The van der Waals surface area contributed by atoms with E-state index in [2.05, 4.69) is 10.6 Å². The summed E-state index contributed by atoms with van der Waals surface area (Å²) in [5, 5.41) is 16.6. The maximum atomic E-state index is 12.3. The molecule has 3 rings (SSSR count). The van der Waals surface area contributed by atoms with Crippen LogP contribution in [0, 0.1) is 16.0 Å². The van der Waals surface area contributed by atoms with Crippen LogP contribution in [0.5, 0.6) is 0 Å². The molecule has 4 amide bonds. The zero-order valence-corrected chi connectivity index (χ0v) is 13.6. The van der Waals surface area contributed by atoms with Crippen molar-refractivity contribution < 1.29 is 14.5 Å². The van der Waals surface area contributed by atoms with Gasteiger partial charge in [0.05, 0.1) is 11.0 Å². The maximum absolute atomic E-state index is 12.3. The Morgan fingerprint density at radius 2 is 1.62 bits per heavy atom. The van der Waals surface area contributed by atoms with E-state index in [0.29, 0.717) is 0 Å². The van der Waals surface area contributed by atoms with Crippen molar-refractivity contribution >= 4 is 17.7 Å². The quantitative estimate of drug-likeness (QED) is 0.628. The molecule has 1 aromatic rings. The molecule has 0 aliphatic carbocycles. The van der Waals surface area contributed by atoms with Gasteiger partial charge in [-0.2, -0.15) is 0 Å². The average Bonchev–Trinajstić information content (AvgIpc) is 2.54. The van der Waals surface area contributed by atoms with Gasteiger partial charge in [-0.3, -0.25) is 10.1 Å². The Morgan fingerprint density at radius 3 is 2.21 bits per heavy atom. The lowest BCUT2D eigenvalue weighted by molar-refractivity contribution is -0.384. The van der Waals surface area contributed by atoms with E-state index < -0.39 is 11.1 Å². The van der Waals surface area contributed by atoms with Crippen LogP contribution in [-0.2, 0) is 0 Å². The second-order valence-corrected chi connectivity index (χ2v) is 6.23. The Bertz CT molecular complexity index is 692. The highest BCUT2D eigenvalue weighted by atomic mass is 16.6. The van der Waals surface area contributed by atoms with Crippen molar-refractivity contribution in [2.75, 3.05) is 14.1 Å². The first-order valence-corrected chi connectivity index (χ1v) is 7.62. The lowest BCUT2D eigenvalue weighted by Gasteiger charge is -2.52. The molecular formula is C15H19N5O4. The SMILES string of the molecule is C[C@@H]1NC(=O)N(C)[C@@H]2NC(=O)N(C)[C@@H](c3ccc([N+](=O)[O-])cc3)[C@H]12. The monoisotopic (exact) mass is 333 g/mol. The lowest BCUT2D eigenvalue weighted by atomic mass is 9.81. The molecule has 2 saturated heterocycles. The van der Waals surface area contributed by atoms with Gasteiger partial charge < -0.3 is 20.4 Å². The van der Waals surface area contributed by atoms with Crippen molar-refractivity contribution in [1.29, 1.82) is 0 Å². The summed E-state index contributed by atoms with van der Waals surface area (Å²) in [6.45, 7) is 1.90. The van der Waals surface area contributed by atoms with Gasteiger partial charge in [-0.05, 0) is 12.5 Å². The molecule has 9 nitrogen and oxygen atoms in total. The molecule has 2 aliphatic heterocycles. The number of rotatable bonds is 2. The minimum absolute atomic E-state index is 0.000303. The topological polar surface area (TPSA) is 108 Å². The average molecular weight is 333 g/mol. The number of nitro benzene ring substituents is 1. The van der Waals surface area contributed by atoms with Crippen LogP contribution >= 0.6 is 0 Å². The van der Waals surface area contributed by atoms with Crippen molar-refractivity contribution in [2.45, 2.75) is 25.2 Å². The van der Waals surface area contributed by atoms with Crippen LogP contribution in [-0.4, -0.2) is 53.1 Å². The summed E-state index contributed by atoms with van der Waals surface area (Å²) < 4.78 is 0. The molecule has 2 fully saturated rings. The molecular weight excluding hydrogens is 314 g/mol. The molecule has 4 atom stereocenters. The first kappa shape index (κ1) is 16.0. The van der Waals surface area contributed by atoms with Gasteiger partial charge in [0.1, 0.15) is 6.17 Å². The van der Waals surface area contributed by atoms with E-state index in [9.17, 15) is 19.7 Å². The van der Waals surface area contributed by atoms with Crippen molar-refractivity contribution in [3.05, 3.63) is 39.9 Å². The minimum Gasteiger partial charge on any atom is -0.335 e. The largest absolute Gasteiger partial charge is 0.335 e. The molecule has 0 aromatic heterocycles. The van der Waals surface area contributed by atoms with Crippen molar-refractivity contribution in [3.63, 3.8) is 0 Å². The van der Waals surface area contributed by atoms with E-state index in [4.69, 9.17) is 0 Å². The number of nitrogens with one attached hydrogen (secondary N) is 2. The fourth-order valence-electron chi connectivity index (χ4n) is 3.54. The first-order chi connectivity index (χ1) is 11.3. The zero-order valence-electron chi connectivity index (χ0n) is 13.6. The summed E-state index contributed by atoms with van der Waals surface area (Å²) in [4.78, 5) is 37.7. The number of amides is 4. The third-order valence-electron chi connectivity index (χ3n) is 4.85. The Balaban J connectivity index is 2.01. The second kappa shape index (κ2) is 5.66. The van der Waals surface area contributed by atoms with Crippen LogP contribution in [0.15, 0.2) is 24.3 Å². The smallest absolute Gasteiger partial charge is 0.319 e. The molecule has 24 heavy (non-hydrogen) atoms. The maximum Gasteiger partial charge on any atom is 0.319 e. The number of carbonyl (C=O) groups is 2. The van der Waals surface area contributed by atoms with E-state index in [-0.39, 0.29) is 35.8 Å². The van der Waals surface area contributed by atoms with Crippen LogP contribution < -0.4 is 10.6 Å². The lowest BCUT2D eigenvalue weighted by Crippen LogP contribution is -2.71. The fourth-order valence-corrected chi connectivity index (χ4v) is 3.54. The molecule has 2 heterocycles. The van der Waals surface area contributed by atoms with E-state index in [1.807, 2.05) is 6.92 Å². The third-order valence-corrected chi connectivity index (χ3v) is 4.85. The van der Waals surface area contributed by atoms with Crippen LogP contribution in [0.1, 0.15) is 18.5 Å². The number of non-ortho nitro benzene ring substituents is 1. The Hall–Kier alpha value is -2.84. The van der Waals surface area contributed by atoms with E-state index in [1.165, 1.54) is 17.0 Å². The summed E-state index contributed by atoms with van der Waals surface area (Å²) >= 11 is 0. The molecule has 0 radical (unpaired) electrons. The molecule has 2 N–H and O–H groups in total. The normalized spacial score (nSPS) is 29.6. The summed E-state index contributed by atoms with van der Waals surface area (Å²) in [6.07, 6.45) is -0.433. The van der Waals surface area contributed by atoms with E-state index in [0.717, 1.165) is 5.56 Å². The number of fused-ring (bicyclic) bond motifs is 1. The highest BCUT2D eigenvalue weighted by Crippen LogP contribution is 2.38. The molecule has 128 valence electrons. The standard InChI is InChI=1S/C15H19N5O4/c1-8-11-12(9-4-6-10(7-5-9)20(23)24)18(2)15(22)17-13(11)19(3)14(21)16-8/h4-8,11-13H,1-3H3,(H,16,21)(H,17,22)/t8-,11-,12-,13-/m0/s1. The molecule has 0 unspecified atom stereocenters. The van der Waals surface area contributed by atoms with Gasteiger partial charge in [0.15, 0.2) is 0 Å². The molecule has 0 spiro atoms. The van der Waals surface area contributed by atoms with Gasteiger partial charge in [0.2, 0.25) is 0 Å².